The summed E-state index contributed by atoms with van der Waals surface area (Å²) < 4.78 is 38.7. The number of methoxy groups -OCH3 is 1. The highest BCUT2D eigenvalue weighted by Crippen LogP contribution is 2.41. The number of ether oxygens (including phenoxy) is 2. The average molecular weight is 775 g/mol. The first kappa shape index (κ1) is 39.3. The Morgan fingerprint density at radius 1 is 1.02 bits per heavy atom. The molecule has 2 bridgehead atoms. The van der Waals surface area contributed by atoms with Crippen molar-refractivity contribution < 1.29 is 27.8 Å². The van der Waals surface area contributed by atoms with Gasteiger partial charge >= 0.3 is 0 Å². The molecule has 3 atom stereocenters. The van der Waals surface area contributed by atoms with E-state index in [4.69, 9.17) is 21.1 Å². The maximum absolute atomic E-state index is 15.0. The number of aryl methyl sites for hydroxylation is 1. The highest BCUT2D eigenvalue weighted by molar-refractivity contribution is 6.32. The van der Waals surface area contributed by atoms with Crippen LogP contribution in [0.1, 0.15) is 80.0 Å². The number of nitrogens with zero attached hydrogens (tertiary/aromatic N) is 2. The smallest absolute Gasteiger partial charge is 0.252 e. The number of rotatable bonds is 15. The summed E-state index contributed by atoms with van der Waals surface area (Å²) in [6.45, 7) is 6.51. The van der Waals surface area contributed by atoms with Gasteiger partial charge in [-0.15, -0.1) is 0 Å². The standard InChI is InChI=1S/C44H53ClF2N4O4/c1-28-31(9-6-10-39(28)54-2)27-51(35-15-16-35)44(53)41-36(26-34-22-32(23-38(41)49-34)43(52)48-17-20-50-18-4-3-5-19-50)30-13-11-29(12-14-30)8-7-21-55-40-25-33(46)24-37(47)42(40)45/h6,9-14,24-25,32,34-35,38,49H,3-5,7-8,15-23,26-27H2,1-2H3,(H,48,52). The maximum Gasteiger partial charge on any atom is 0.252 e. The monoisotopic (exact) mass is 774 g/mol. The fourth-order valence-electron chi connectivity index (χ4n) is 8.60. The minimum Gasteiger partial charge on any atom is -0.496 e. The Hall–Kier alpha value is -3.99. The summed E-state index contributed by atoms with van der Waals surface area (Å²) in [6, 6.07) is 16.2. The van der Waals surface area contributed by atoms with E-state index in [0.717, 1.165) is 90.2 Å². The number of carbonyl (C=O) groups excluding carboxylic acids is 2. The Bertz CT molecular complexity index is 1880. The SMILES string of the molecule is COc1cccc(CN(C(=O)C2=C(c3ccc(CCCOc4cc(F)cc(F)c4Cl)cc3)CC3CC(C(=O)NCCN4CCCCC4)CC2N3)C2CC2)c1C. The summed E-state index contributed by atoms with van der Waals surface area (Å²) in [6.07, 6.45) is 8.94. The molecule has 4 aliphatic rings. The summed E-state index contributed by atoms with van der Waals surface area (Å²) in [5.74, 6) is -0.820. The van der Waals surface area contributed by atoms with E-state index in [-0.39, 0.29) is 53.2 Å². The van der Waals surface area contributed by atoms with E-state index in [2.05, 4.69) is 45.9 Å². The molecule has 11 heteroatoms. The summed E-state index contributed by atoms with van der Waals surface area (Å²) in [5.41, 5.74) is 6.02. The van der Waals surface area contributed by atoms with Crippen LogP contribution in [-0.2, 0) is 22.6 Å². The van der Waals surface area contributed by atoms with Crippen molar-refractivity contribution >= 4 is 29.0 Å². The van der Waals surface area contributed by atoms with Crippen molar-refractivity contribution in [3.05, 3.63) is 99.1 Å². The Balaban J connectivity index is 1.10. The minimum atomic E-state index is -0.848. The number of amides is 2. The van der Waals surface area contributed by atoms with Crippen molar-refractivity contribution in [3.8, 4) is 11.5 Å². The average Bonchev–Trinajstić information content (AvgIpc) is 4.03. The van der Waals surface area contributed by atoms with E-state index in [1.54, 1.807) is 7.11 Å². The molecule has 3 aromatic carbocycles. The summed E-state index contributed by atoms with van der Waals surface area (Å²) in [7, 11) is 1.67. The number of halogens is 3. The van der Waals surface area contributed by atoms with Crippen LogP contribution in [0.3, 0.4) is 0 Å². The van der Waals surface area contributed by atoms with Crippen LogP contribution in [0.15, 0.2) is 60.2 Å². The number of nitrogens with one attached hydrogen (secondary N) is 2. The van der Waals surface area contributed by atoms with Crippen LogP contribution in [0, 0.1) is 24.5 Å². The van der Waals surface area contributed by atoms with Gasteiger partial charge in [-0.25, -0.2) is 8.78 Å². The minimum absolute atomic E-state index is 0.00548. The van der Waals surface area contributed by atoms with E-state index < -0.39 is 11.6 Å². The van der Waals surface area contributed by atoms with E-state index in [1.807, 2.05) is 24.0 Å². The highest BCUT2D eigenvalue weighted by Gasteiger charge is 2.44. The van der Waals surface area contributed by atoms with Crippen LogP contribution in [0.5, 0.6) is 11.5 Å². The van der Waals surface area contributed by atoms with Gasteiger partial charge in [-0.3, -0.25) is 9.59 Å². The molecular formula is C44H53ClF2N4O4. The first-order chi connectivity index (χ1) is 26.7. The molecule has 2 N–H and O–H groups in total. The molecule has 8 nitrogen and oxygen atoms in total. The zero-order valence-corrected chi connectivity index (χ0v) is 32.7. The molecule has 1 aliphatic carbocycles. The van der Waals surface area contributed by atoms with Crippen molar-refractivity contribution in [1.82, 2.24) is 20.4 Å². The van der Waals surface area contributed by atoms with Gasteiger partial charge in [-0.05, 0) is 112 Å². The predicted molar refractivity (Wildman–Crippen MR) is 211 cm³/mol. The Morgan fingerprint density at radius 2 is 1.80 bits per heavy atom. The van der Waals surface area contributed by atoms with Crippen molar-refractivity contribution in [3.63, 3.8) is 0 Å². The van der Waals surface area contributed by atoms with Crippen LogP contribution in [0.2, 0.25) is 5.02 Å². The Kier molecular flexibility index (Phi) is 12.7. The molecule has 0 spiro atoms. The topological polar surface area (TPSA) is 83.1 Å². The normalized spacial score (nSPS) is 21.3. The Labute approximate surface area is 328 Å². The quantitative estimate of drug-likeness (QED) is 0.122. The van der Waals surface area contributed by atoms with Gasteiger partial charge in [-0.2, -0.15) is 0 Å². The van der Waals surface area contributed by atoms with Crippen LogP contribution >= 0.6 is 11.6 Å². The van der Waals surface area contributed by atoms with Crippen molar-refractivity contribution in [1.29, 1.82) is 0 Å². The van der Waals surface area contributed by atoms with Crippen molar-refractivity contribution in [2.45, 2.75) is 95.8 Å². The lowest BCUT2D eigenvalue weighted by molar-refractivity contribution is -0.130. The molecule has 1 saturated carbocycles. The molecule has 3 fully saturated rings. The lowest BCUT2D eigenvalue weighted by atomic mass is 9.74. The summed E-state index contributed by atoms with van der Waals surface area (Å²) >= 11 is 5.96. The predicted octanol–water partition coefficient (Wildman–Crippen LogP) is 7.63. The molecule has 2 saturated heterocycles. The van der Waals surface area contributed by atoms with Crippen molar-refractivity contribution in [2.75, 3.05) is 39.9 Å². The second kappa shape index (κ2) is 17.9. The number of hydrogen-bond acceptors (Lipinski definition) is 6. The largest absolute Gasteiger partial charge is 0.496 e. The molecule has 7 rings (SSSR count). The van der Waals surface area contributed by atoms with Gasteiger partial charge < -0.3 is 29.9 Å². The molecule has 55 heavy (non-hydrogen) atoms. The number of benzene rings is 3. The fourth-order valence-corrected chi connectivity index (χ4v) is 8.76. The van der Waals surface area contributed by atoms with Crippen molar-refractivity contribution in [2.24, 2.45) is 5.92 Å². The van der Waals surface area contributed by atoms with E-state index in [0.29, 0.717) is 38.8 Å². The lowest BCUT2D eigenvalue weighted by Crippen LogP contribution is -2.55. The van der Waals surface area contributed by atoms with Gasteiger partial charge in [0.25, 0.3) is 5.91 Å². The second-order valence-corrected chi connectivity index (χ2v) is 16.0. The third kappa shape index (κ3) is 9.52. The van der Waals surface area contributed by atoms with Gasteiger partial charge in [0.2, 0.25) is 5.91 Å². The third-order valence-corrected chi connectivity index (χ3v) is 12.1. The fraction of sp³-hybridized carbons (Fsp3) is 0.500. The highest BCUT2D eigenvalue weighted by atomic mass is 35.5. The zero-order valence-electron chi connectivity index (χ0n) is 32.0. The Morgan fingerprint density at radius 3 is 2.55 bits per heavy atom. The van der Waals surface area contributed by atoms with Crippen LogP contribution in [0.4, 0.5) is 8.78 Å². The summed E-state index contributed by atoms with van der Waals surface area (Å²) in [5, 5.41) is 6.78. The van der Waals surface area contributed by atoms with Crippen LogP contribution in [0.25, 0.3) is 5.57 Å². The maximum atomic E-state index is 15.0. The van der Waals surface area contributed by atoms with Gasteiger partial charge in [-0.1, -0.05) is 54.4 Å². The first-order valence-corrected chi connectivity index (χ1v) is 20.4. The molecule has 0 aromatic heterocycles. The lowest BCUT2D eigenvalue weighted by Gasteiger charge is -2.43. The van der Waals surface area contributed by atoms with Gasteiger partial charge in [0.1, 0.15) is 28.2 Å². The molecule has 3 unspecified atom stereocenters. The molecule has 3 aliphatic heterocycles. The first-order valence-electron chi connectivity index (χ1n) is 20.0. The van der Waals surface area contributed by atoms with Gasteiger partial charge in [0.05, 0.1) is 13.7 Å². The summed E-state index contributed by atoms with van der Waals surface area (Å²) in [4.78, 5) is 33.1. The molecule has 2 amide bonds. The molecule has 3 heterocycles. The van der Waals surface area contributed by atoms with Gasteiger partial charge in [0, 0.05) is 61.4 Å². The number of carbonyl (C=O) groups is 2. The zero-order chi connectivity index (χ0) is 38.5. The molecular weight excluding hydrogens is 722 g/mol. The molecule has 3 aromatic rings. The van der Waals surface area contributed by atoms with E-state index in [1.165, 1.54) is 19.3 Å². The number of fused-ring (bicyclic) bond motifs is 2. The van der Waals surface area contributed by atoms with Crippen LogP contribution < -0.4 is 20.1 Å². The van der Waals surface area contributed by atoms with Crippen LogP contribution in [-0.4, -0.2) is 79.6 Å². The number of piperidine rings is 2. The second-order valence-electron chi connectivity index (χ2n) is 15.6. The molecule has 0 radical (unpaired) electrons. The van der Waals surface area contributed by atoms with E-state index in [9.17, 15) is 13.6 Å². The van der Waals surface area contributed by atoms with Gasteiger partial charge in [0.15, 0.2) is 0 Å². The number of likely N-dealkylation sites (tertiary alicyclic amines) is 1. The third-order valence-electron chi connectivity index (χ3n) is 11.8. The number of hydrogen-bond donors (Lipinski definition) is 2. The molecule has 294 valence electrons. The van der Waals surface area contributed by atoms with E-state index >= 15 is 4.79 Å².